The molecule has 47 heavy (non-hydrogen) atoms. The van der Waals surface area contributed by atoms with Crippen LogP contribution < -0.4 is 20.0 Å². The summed E-state index contributed by atoms with van der Waals surface area (Å²) < 4.78 is 64.0. The van der Waals surface area contributed by atoms with Crippen molar-refractivity contribution in [2.24, 2.45) is 0 Å². The predicted octanol–water partition coefficient (Wildman–Crippen LogP) is 3.66. The molecule has 3 aromatic heterocycles. The van der Waals surface area contributed by atoms with Crippen molar-refractivity contribution in [3.8, 4) is 16.9 Å². The number of pyridine rings is 2. The van der Waals surface area contributed by atoms with Crippen LogP contribution in [0.3, 0.4) is 0 Å². The van der Waals surface area contributed by atoms with Gasteiger partial charge in [-0.25, -0.2) is 23.1 Å². The molecule has 0 radical (unpaired) electrons. The average Bonchev–Trinajstić information content (AvgIpc) is 3.01. The normalized spacial score (nSPS) is 19.3. The third-order valence-corrected chi connectivity index (χ3v) is 9.58. The van der Waals surface area contributed by atoms with E-state index in [0.29, 0.717) is 23.5 Å². The van der Waals surface area contributed by atoms with Gasteiger partial charge in [0.2, 0.25) is 5.91 Å². The van der Waals surface area contributed by atoms with Crippen molar-refractivity contribution in [1.29, 1.82) is 0 Å². The number of hydrogen-bond acceptors (Lipinski definition) is 8. The van der Waals surface area contributed by atoms with Gasteiger partial charge in [0.25, 0.3) is 10.2 Å². The van der Waals surface area contributed by atoms with Crippen LogP contribution in [0.5, 0.6) is 0 Å². The topological polar surface area (TPSA) is 142 Å². The molecular weight excluding hydrogens is 630 g/mol. The van der Waals surface area contributed by atoms with E-state index in [4.69, 9.17) is 0 Å². The second kappa shape index (κ2) is 12.1. The maximum atomic E-state index is 16.3. The Balaban J connectivity index is 1.71. The average molecular weight is 665 g/mol. The molecule has 0 saturated carbocycles. The summed E-state index contributed by atoms with van der Waals surface area (Å²) in [5.41, 5.74) is -0.503. The quantitative estimate of drug-likeness (QED) is 0.316. The zero-order valence-corrected chi connectivity index (χ0v) is 27.1. The number of hydrogen-bond donors (Lipinski definition) is 2. The van der Waals surface area contributed by atoms with E-state index in [-0.39, 0.29) is 66.0 Å². The molecule has 1 saturated heterocycles. The first-order chi connectivity index (χ1) is 22.3. The van der Waals surface area contributed by atoms with Crippen LogP contribution in [0.2, 0.25) is 0 Å². The van der Waals surface area contributed by atoms with Gasteiger partial charge in [-0.1, -0.05) is 26.5 Å². The standard InChI is InChI=1S/C32H34F2N8O4S/c1-6-25(43)40-15-19(5)41(16-18(40)4)30-21-14-23(34)28-26-22(33)8-7-9-24(26)39-47(45,46)36-13-11-20-10-12-35-27(17(2)3)29(20)42(31(21)37-28)32(44)38-30/h6-10,12,14,17-19,36,39H,1,11,13,15-16H2,2-5H3/t18-,19+/m1/s1. The molecule has 2 aliphatic rings. The van der Waals surface area contributed by atoms with Crippen LogP contribution in [-0.4, -0.2) is 70.5 Å². The van der Waals surface area contributed by atoms with Gasteiger partial charge in [-0.05, 0) is 62.1 Å². The van der Waals surface area contributed by atoms with Gasteiger partial charge < -0.3 is 9.80 Å². The minimum Gasteiger partial charge on any atom is -0.349 e. The number of nitrogens with one attached hydrogen (secondary N) is 2. The summed E-state index contributed by atoms with van der Waals surface area (Å²) in [7, 11) is -4.24. The van der Waals surface area contributed by atoms with Gasteiger partial charge in [0.1, 0.15) is 17.3 Å². The van der Waals surface area contributed by atoms with E-state index in [1.165, 1.54) is 22.8 Å². The molecule has 0 spiro atoms. The molecule has 6 rings (SSSR count). The predicted molar refractivity (Wildman–Crippen MR) is 175 cm³/mol. The monoisotopic (exact) mass is 664 g/mol. The molecule has 2 aliphatic heterocycles. The maximum absolute atomic E-state index is 16.3. The lowest BCUT2D eigenvalue weighted by Crippen LogP contribution is -2.58. The van der Waals surface area contributed by atoms with Crippen molar-refractivity contribution >= 4 is 38.7 Å². The molecule has 12 nitrogen and oxygen atoms in total. The molecule has 0 aliphatic carbocycles. The first-order valence-electron chi connectivity index (χ1n) is 15.2. The number of aromatic nitrogens is 4. The number of benzene rings is 1. The zero-order valence-electron chi connectivity index (χ0n) is 26.3. The molecule has 0 unspecified atom stereocenters. The van der Waals surface area contributed by atoms with Crippen LogP contribution in [0.1, 0.15) is 44.9 Å². The third-order valence-electron chi connectivity index (χ3n) is 8.50. The summed E-state index contributed by atoms with van der Waals surface area (Å²) in [6, 6.07) is 5.84. The van der Waals surface area contributed by atoms with Crippen molar-refractivity contribution < 1.29 is 22.0 Å². The lowest BCUT2D eigenvalue weighted by Gasteiger charge is -2.44. The molecule has 1 fully saturated rings. The molecule has 2 bridgehead atoms. The molecule has 246 valence electrons. The molecular formula is C32H34F2N8O4S. The van der Waals surface area contributed by atoms with Gasteiger partial charge in [0, 0.05) is 37.9 Å². The molecule has 15 heteroatoms. The van der Waals surface area contributed by atoms with Crippen LogP contribution in [0.15, 0.2) is 54.0 Å². The van der Waals surface area contributed by atoms with Crippen LogP contribution >= 0.6 is 0 Å². The highest BCUT2D eigenvalue weighted by atomic mass is 32.2. The van der Waals surface area contributed by atoms with Crippen LogP contribution in [0, 0.1) is 11.6 Å². The number of nitrogens with zero attached hydrogens (tertiary/aromatic N) is 6. The van der Waals surface area contributed by atoms with Crippen molar-refractivity contribution in [3.63, 3.8) is 0 Å². The smallest absolute Gasteiger partial charge is 0.349 e. The van der Waals surface area contributed by atoms with Gasteiger partial charge in [-0.3, -0.25) is 14.5 Å². The number of fused-ring (bicyclic) bond motifs is 5. The van der Waals surface area contributed by atoms with Crippen LogP contribution in [0.25, 0.3) is 28.0 Å². The van der Waals surface area contributed by atoms with Crippen molar-refractivity contribution in [1.82, 2.24) is 29.1 Å². The fraction of sp³-hybridized carbons (Fsp3) is 0.344. The summed E-state index contributed by atoms with van der Waals surface area (Å²) >= 11 is 0. The maximum Gasteiger partial charge on any atom is 0.355 e. The second-order valence-electron chi connectivity index (χ2n) is 12.1. The Hall–Kier alpha value is -4.76. The minimum atomic E-state index is -4.24. The van der Waals surface area contributed by atoms with Gasteiger partial charge in [0.15, 0.2) is 11.5 Å². The highest BCUT2D eigenvalue weighted by molar-refractivity contribution is 7.90. The first kappa shape index (κ1) is 32.2. The van der Waals surface area contributed by atoms with Gasteiger partial charge in [0.05, 0.1) is 28.0 Å². The number of anilines is 2. The molecule has 5 heterocycles. The number of carbonyl (C=O) groups is 1. The molecule has 2 N–H and O–H groups in total. The van der Waals surface area contributed by atoms with Crippen LogP contribution in [-0.2, 0) is 21.4 Å². The molecule has 4 aromatic rings. The molecule has 2 atom stereocenters. The highest BCUT2D eigenvalue weighted by Gasteiger charge is 2.34. The van der Waals surface area contributed by atoms with E-state index < -0.39 is 38.8 Å². The van der Waals surface area contributed by atoms with Crippen molar-refractivity contribution in [2.75, 3.05) is 29.3 Å². The summed E-state index contributed by atoms with van der Waals surface area (Å²) in [6.45, 7) is 11.6. The summed E-state index contributed by atoms with van der Waals surface area (Å²) in [4.78, 5) is 44.0. The zero-order chi connectivity index (χ0) is 33.8. The van der Waals surface area contributed by atoms with E-state index in [1.807, 2.05) is 32.6 Å². The van der Waals surface area contributed by atoms with Gasteiger partial charge >= 0.3 is 5.69 Å². The van der Waals surface area contributed by atoms with Gasteiger partial charge in [-0.2, -0.15) is 18.1 Å². The summed E-state index contributed by atoms with van der Waals surface area (Å²) in [6.07, 6.45) is 2.97. The van der Waals surface area contributed by atoms with Crippen molar-refractivity contribution in [3.05, 3.63) is 82.6 Å². The number of halogens is 2. The fourth-order valence-corrected chi connectivity index (χ4v) is 7.20. The fourth-order valence-electron chi connectivity index (χ4n) is 6.29. The van der Waals surface area contributed by atoms with E-state index in [0.717, 1.165) is 12.1 Å². The molecule has 1 amide bonds. The Kier molecular flexibility index (Phi) is 8.30. The van der Waals surface area contributed by atoms with E-state index >= 15 is 8.78 Å². The van der Waals surface area contributed by atoms with Crippen molar-refractivity contribution in [2.45, 2.75) is 52.1 Å². The number of carbonyl (C=O) groups excluding carboxylic acids is 1. The minimum absolute atomic E-state index is 0.0127. The Morgan fingerprint density at radius 2 is 1.87 bits per heavy atom. The Labute approximate surface area is 270 Å². The lowest BCUT2D eigenvalue weighted by molar-refractivity contribution is -0.128. The lowest BCUT2D eigenvalue weighted by atomic mass is 10.0. The number of amides is 1. The first-order valence-corrected chi connectivity index (χ1v) is 16.7. The Morgan fingerprint density at radius 3 is 2.60 bits per heavy atom. The van der Waals surface area contributed by atoms with E-state index in [9.17, 15) is 18.0 Å². The number of piperazine rings is 1. The van der Waals surface area contributed by atoms with E-state index in [2.05, 4.69) is 31.0 Å². The SMILES string of the molecule is C=CC(=O)N1C[C@H](C)N(c2nc(=O)n3c4nc(c(F)cc24)-c2c(F)cccc2NS(=O)(=O)NCCc2ccnc(C(C)C)c2-3)C[C@H]1C. The van der Waals surface area contributed by atoms with Crippen LogP contribution in [0.4, 0.5) is 20.3 Å². The molecule has 1 aromatic carbocycles. The second-order valence-corrected chi connectivity index (χ2v) is 13.6. The Morgan fingerprint density at radius 1 is 1.11 bits per heavy atom. The van der Waals surface area contributed by atoms with E-state index in [1.54, 1.807) is 17.2 Å². The Bertz CT molecular complexity index is 2100. The summed E-state index contributed by atoms with van der Waals surface area (Å²) in [5.74, 6) is -2.17. The number of rotatable bonds is 3. The summed E-state index contributed by atoms with van der Waals surface area (Å²) in [5, 5.41) is 0.171. The largest absolute Gasteiger partial charge is 0.355 e. The van der Waals surface area contributed by atoms with Gasteiger partial charge in [-0.15, -0.1) is 0 Å². The third kappa shape index (κ3) is 5.73. The highest BCUT2D eigenvalue weighted by Crippen LogP contribution is 2.37.